The van der Waals surface area contributed by atoms with Crippen molar-refractivity contribution < 1.29 is 4.74 Å². The minimum atomic E-state index is -0.609. The summed E-state index contributed by atoms with van der Waals surface area (Å²) < 4.78 is 7.07. The highest BCUT2D eigenvalue weighted by Gasteiger charge is 2.55. The minimum Gasteiger partial charge on any atom is -0.457 e. The topological polar surface area (TPSA) is 12.5 Å². The van der Waals surface area contributed by atoms with Crippen LogP contribution >= 0.6 is 0 Å². The molecule has 4 aliphatic carbocycles. The van der Waals surface area contributed by atoms with Crippen LogP contribution in [0.5, 0.6) is 11.5 Å². The van der Waals surface area contributed by atoms with E-state index in [1.165, 1.54) is 111 Å². The molecule has 1 aliphatic heterocycles. The first-order valence-electron chi connectivity index (χ1n) is 28.0. The number of anilines is 3. The van der Waals surface area contributed by atoms with E-state index in [2.05, 4.69) is 283 Å². The van der Waals surface area contributed by atoms with Crippen molar-refractivity contribution in [2.75, 3.05) is 4.90 Å². The Bertz CT molecular complexity index is 4060. The first-order valence-corrected chi connectivity index (χ1v) is 28.0. The van der Waals surface area contributed by atoms with Crippen LogP contribution in [0.4, 0.5) is 17.1 Å². The van der Waals surface area contributed by atoms with Gasteiger partial charge in [0.25, 0.3) is 0 Å². The van der Waals surface area contributed by atoms with E-state index in [4.69, 9.17) is 4.74 Å². The van der Waals surface area contributed by atoms with E-state index in [1.54, 1.807) is 0 Å². The number of allylic oxidation sites excluding steroid dienone is 4. The van der Waals surface area contributed by atoms with Crippen molar-refractivity contribution in [1.82, 2.24) is 0 Å². The zero-order valence-corrected chi connectivity index (χ0v) is 45.3. The molecule has 2 spiro atoms. The highest BCUT2D eigenvalue weighted by molar-refractivity contribution is 6.04. The van der Waals surface area contributed by atoms with Gasteiger partial charge in [0.2, 0.25) is 0 Å². The summed E-state index contributed by atoms with van der Waals surface area (Å²) in [5.41, 5.74) is 27.8. The SMILES string of the molecule is CC(C)(C)c1ccc2c(c1)C1(C3=CCCC=C3c3c(-c4ccccc4N(c4ccc(-c5ccccc5)cc4)c4ccc5c(c4)C4(c6ccccc6-c6ccccc64)c4ccccc4-5)cccc31)c1cc(C(C)(C)C)ccc1O2. The molecule has 10 aromatic rings. The molecule has 0 bridgehead atoms. The highest BCUT2D eigenvalue weighted by Crippen LogP contribution is 2.67. The predicted molar refractivity (Wildman–Crippen MR) is 324 cm³/mol. The fourth-order valence-electron chi connectivity index (χ4n) is 14.4. The van der Waals surface area contributed by atoms with Crippen LogP contribution in [0.3, 0.4) is 0 Å². The number of hydrogen-bond acceptors (Lipinski definition) is 2. The molecule has 78 heavy (non-hydrogen) atoms. The smallest absolute Gasteiger partial charge is 0.132 e. The van der Waals surface area contributed by atoms with Crippen molar-refractivity contribution in [3.05, 3.63) is 298 Å². The Morgan fingerprint density at radius 3 is 1.45 bits per heavy atom. The Kier molecular flexibility index (Phi) is 10.1. The predicted octanol–water partition coefficient (Wildman–Crippen LogP) is 20.0. The van der Waals surface area contributed by atoms with Gasteiger partial charge in [-0.25, -0.2) is 0 Å². The third-order valence-corrected chi connectivity index (χ3v) is 17.9. The first-order chi connectivity index (χ1) is 38.0. The van der Waals surface area contributed by atoms with Gasteiger partial charge in [-0.15, -0.1) is 0 Å². The summed E-state index contributed by atoms with van der Waals surface area (Å²) in [6.07, 6.45) is 7.07. The lowest BCUT2D eigenvalue weighted by Crippen LogP contribution is -2.33. The van der Waals surface area contributed by atoms with E-state index in [-0.39, 0.29) is 10.8 Å². The molecule has 0 atom stereocenters. The second kappa shape index (κ2) is 16.9. The van der Waals surface area contributed by atoms with Gasteiger partial charge in [0, 0.05) is 28.1 Å². The van der Waals surface area contributed by atoms with Gasteiger partial charge in [0.05, 0.1) is 16.5 Å². The molecule has 376 valence electrons. The van der Waals surface area contributed by atoms with Crippen molar-refractivity contribution in [2.45, 2.75) is 76.0 Å². The molecule has 0 unspecified atom stereocenters. The molecule has 0 aromatic heterocycles. The van der Waals surface area contributed by atoms with Crippen LogP contribution in [0.15, 0.2) is 242 Å². The standard InChI is InChI=1S/C76H61NO/c1-73(2,3)50-37-43-70-67(45-50)76(68-46-51(74(4,5)6)38-44-71(68)78-70)64-32-18-13-27-60(64)72-59(28-20-33-65(72)76)58-26-14-19-34-69(58)77(52-39-35-49(36-40-52)48-21-8-7-9-22-48)53-41-42-57-56-25-12-17-31-63(56)75(66(57)47-53)61-29-15-10-23-54(61)55-24-11-16-30-62(55)75/h7-12,14-17,19-47H,13,18H2,1-6H3. The van der Waals surface area contributed by atoms with Gasteiger partial charge in [-0.1, -0.05) is 224 Å². The van der Waals surface area contributed by atoms with Crippen LogP contribution in [0.2, 0.25) is 0 Å². The van der Waals surface area contributed by atoms with Crippen molar-refractivity contribution >= 4 is 22.6 Å². The lowest BCUT2D eigenvalue weighted by Gasteiger charge is -2.41. The molecule has 0 fully saturated rings. The lowest BCUT2D eigenvalue weighted by molar-refractivity contribution is 0.433. The van der Waals surface area contributed by atoms with Gasteiger partial charge in [0.15, 0.2) is 0 Å². The summed E-state index contributed by atoms with van der Waals surface area (Å²) in [6, 6.07) is 84.9. The zero-order valence-electron chi connectivity index (χ0n) is 45.3. The summed E-state index contributed by atoms with van der Waals surface area (Å²) in [6.45, 7) is 14.0. The Morgan fingerprint density at radius 1 is 0.359 bits per heavy atom. The number of benzene rings is 10. The molecular weight excluding hydrogens is 943 g/mol. The second-order valence-electron chi connectivity index (χ2n) is 24.2. The Morgan fingerprint density at radius 2 is 0.846 bits per heavy atom. The maximum atomic E-state index is 7.07. The van der Waals surface area contributed by atoms with E-state index in [1.807, 2.05) is 0 Å². The first kappa shape index (κ1) is 46.6. The van der Waals surface area contributed by atoms with Crippen molar-refractivity contribution in [1.29, 1.82) is 0 Å². The number of fused-ring (bicyclic) bond motifs is 19. The average Bonchev–Trinajstić information content (AvgIpc) is 3.28. The maximum absolute atomic E-state index is 7.07. The molecule has 2 heteroatoms. The fraction of sp³-hybridized carbons (Fsp3) is 0.158. The van der Waals surface area contributed by atoms with Crippen LogP contribution in [0.1, 0.15) is 110 Å². The Hall–Kier alpha value is -8.72. The van der Waals surface area contributed by atoms with Crippen molar-refractivity contribution in [2.24, 2.45) is 0 Å². The molecule has 10 aromatic carbocycles. The summed E-state index contributed by atoms with van der Waals surface area (Å²) in [5, 5.41) is 0. The summed E-state index contributed by atoms with van der Waals surface area (Å²) in [4.78, 5) is 2.54. The largest absolute Gasteiger partial charge is 0.457 e. The number of para-hydroxylation sites is 1. The molecule has 0 amide bonds. The van der Waals surface area contributed by atoms with Gasteiger partial charge in [-0.05, 0) is 173 Å². The molecule has 0 saturated heterocycles. The molecule has 5 aliphatic rings. The third-order valence-electron chi connectivity index (χ3n) is 17.9. The van der Waals surface area contributed by atoms with E-state index >= 15 is 0 Å². The molecular formula is C76H61NO. The van der Waals surface area contributed by atoms with E-state index < -0.39 is 10.8 Å². The van der Waals surface area contributed by atoms with Crippen LogP contribution in [-0.2, 0) is 21.7 Å². The second-order valence-corrected chi connectivity index (χ2v) is 24.2. The quantitative estimate of drug-likeness (QED) is 0.170. The fourth-order valence-corrected chi connectivity index (χ4v) is 14.4. The normalized spacial score (nSPS) is 15.4. The number of rotatable bonds is 5. The summed E-state index contributed by atoms with van der Waals surface area (Å²) >= 11 is 0. The molecule has 15 rings (SSSR count). The van der Waals surface area contributed by atoms with Crippen molar-refractivity contribution in [3.63, 3.8) is 0 Å². The molecule has 0 radical (unpaired) electrons. The zero-order chi connectivity index (χ0) is 52.7. The van der Waals surface area contributed by atoms with Gasteiger partial charge in [-0.3, -0.25) is 0 Å². The van der Waals surface area contributed by atoms with Gasteiger partial charge < -0.3 is 9.64 Å². The molecule has 0 N–H and O–H groups in total. The van der Waals surface area contributed by atoms with E-state index in [0.29, 0.717) is 0 Å². The van der Waals surface area contributed by atoms with Gasteiger partial charge in [0.1, 0.15) is 11.5 Å². The summed E-state index contributed by atoms with van der Waals surface area (Å²) in [7, 11) is 0. The van der Waals surface area contributed by atoms with Crippen molar-refractivity contribution in [3.8, 4) is 56.0 Å². The number of hydrogen-bond donors (Lipinski definition) is 0. The van der Waals surface area contributed by atoms with Gasteiger partial charge in [-0.2, -0.15) is 0 Å². The van der Waals surface area contributed by atoms with E-state index in [0.717, 1.165) is 41.4 Å². The average molecular weight is 1000 g/mol. The van der Waals surface area contributed by atoms with Crippen LogP contribution < -0.4 is 9.64 Å². The summed E-state index contributed by atoms with van der Waals surface area (Å²) in [5.74, 6) is 1.86. The monoisotopic (exact) mass is 1000 g/mol. The molecule has 0 saturated carbocycles. The van der Waals surface area contributed by atoms with Gasteiger partial charge >= 0.3 is 0 Å². The maximum Gasteiger partial charge on any atom is 0.132 e. The third kappa shape index (κ3) is 6.50. The van der Waals surface area contributed by atoms with Crippen LogP contribution in [0.25, 0.3) is 50.1 Å². The molecule has 1 heterocycles. The van der Waals surface area contributed by atoms with Crippen LogP contribution in [0, 0.1) is 0 Å². The number of nitrogens with zero attached hydrogens (tertiary/aromatic N) is 1. The van der Waals surface area contributed by atoms with Crippen LogP contribution in [-0.4, -0.2) is 0 Å². The Labute approximate surface area is 459 Å². The lowest BCUT2D eigenvalue weighted by atomic mass is 9.63. The molecule has 2 nitrogen and oxygen atoms in total. The minimum absolute atomic E-state index is 0.0706. The van der Waals surface area contributed by atoms with E-state index in [9.17, 15) is 0 Å². The Balaban J connectivity index is 0.991. The number of ether oxygens (including phenoxy) is 1. The highest BCUT2D eigenvalue weighted by atomic mass is 16.5.